The maximum Gasteiger partial charge on any atom is 0.242 e. The highest BCUT2D eigenvalue weighted by atomic mass is 32.1. The lowest BCUT2D eigenvalue weighted by atomic mass is 10.1. The number of aryl methyl sites for hydroxylation is 1. The third kappa shape index (κ3) is 3.43. The SMILES string of the molecule is CCc1ccccc1CNC(=O)C(N)c1cccs1. The van der Waals surface area contributed by atoms with Crippen molar-refractivity contribution in [2.75, 3.05) is 0 Å². The van der Waals surface area contributed by atoms with E-state index in [0.717, 1.165) is 16.9 Å². The molecule has 4 heteroatoms. The number of rotatable bonds is 5. The molecule has 100 valence electrons. The number of carbonyl (C=O) groups is 1. The number of hydrogen-bond acceptors (Lipinski definition) is 3. The van der Waals surface area contributed by atoms with Crippen molar-refractivity contribution in [1.82, 2.24) is 5.32 Å². The summed E-state index contributed by atoms with van der Waals surface area (Å²) in [4.78, 5) is 12.9. The molecule has 2 rings (SSSR count). The van der Waals surface area contributed by atoms with E-state index in [1.807, 2.05) is 35.7 Å². The molecule has 0 radical (unpaired) electrons. The summed E-state index contributed by atoms with van der Waals surface area (Å²) >= 11 is 1.50. The molecule has 0 aliphatic carbocycles. The predicted octanol–water partition coefficient (Wildman–Crippen LogP) is 2.63. The molecule has 0 bridgehead atoms. The summed E-state index contributed by atoms with van der Waals surface area (Å²) in [6.07, 6.45) is 0.961. The number of nitrogens with one attached hydrogen (secondary N) is 1. The maximum absolute atomic E-state index is 12.0. The second-order valence-corrected chi connectivity index (χ2v) is 5.31. The Bertz CT molecular complexity index is 537. The fourth-order valence-corrected chi connectivity index (χ4v) is 2.69. The largest absolute Gasteiger partial charge is 0.350 e. The zero-order valence-corrected chi connectivity index (χ0v) is 11.7. The van der Waals surface area contributed by atoms with Crippen molar-refractivity contribution in [1.29, 1.82) is 0 Å². The summed E-state index contributed by atoms with van der Waals surface area (Å²) in [5.41, 5.74) is 8.32. The van der Waals surface area contributed by atoms with Crippen LogP contribution in [0.4, 0.5) is 0 Å². The van der Waals surface area contributed by atoms with Crippen LogP contribution in [0.1, 0.15) is 29.0 Å². The molecule has 0 spiro atoms. The van der Waals surface area contributed by atoms with Crippen molar-refractivity contribution in [3.8, 4) is 0 Å². The molecular weight excluding hydrogens is 256 g/mol. The van der Waals surface area contributed by atoms with Crippen LogP contribution in [0.15, 0.2) is 41.8 Å². The Morgan fingerprint density at radius 3 is 2.63 bits per heavy atom. The smallest absolute Gasteiger partial charge is 0.242 e. The van der Waals surface area contributed by atoms with Gasteiger partial charge in [-0.1, -0.05) is 37.3 Å². The topological polar surface area (TPSA) is 55.1 Å². The van der Waals surface area contributed by atoms with Gasteiger partial charge in [-0.05, 0) is 29.0 Å². The Hall–Kier alpha value is -1.65. The van der Waals surface area contributed by atoms with Crippen molar-refractivity contribution in [2.45, 2.75) is 25.9 Å². The van der Waals surface area contributed by atoms with Gasteiger partial charge in [-0.3, -0.25) is 4.79 Å². The molecule has 0 saturated carbocycles. The van der Waals surface area contributed by atoms with Crippen molar-refractivity contribution in [3.05, 3.63) is 57.8 Å². The average Bonchev–Trinajstić information content (AvgIpc) is 2.98. The van der Waals surface area contributed by atoms with Gasteiger partial charge in [0.25, 0.3) is 0 Å². The van der Waals surface area contributed by atoms with Gasteiger partial charge in [0, 0.05) is 11.4 Å². The van der Waals surface area contributed by atoms with Gasteiger partial charge in [0.1, 0.15) is 6.04 Å². The molecule has 1 atom stereocenters. The number of benzene rings is 1. The van der Waals surface area contributed by atoms with Crippen molar-refractivity contribution in [3.63, 3.8) is 0 Å². The van der Waals surface area contributed by atoms with E-state index < -0.39 is 6.04 Å². The van der Waals surface area contributed by atoms with Crippen LogP contribution in [-0.4, -0.2) is 5.91 Å². The Kier molecular flexibility index (Phi) is 4.71. The van der Waals surface area contributed by atoms with Gasteiger partial charge in [0.2, 0.25) is 5.91 Å². The minimum absolute atomic E-state index is 0.131. The first kappa shape index (κ1) is 13.8. The first-order chi connectivity index (χ1) is 9.22. The molecule has 1 heterocycles. The normalized spacial score (nSPS) is 12.1. The van der Waals surface area contributed by atoms with Crippen LogP contribution in [0.5, 0.6) is 0 Å². The van der Waals surface area contributed by atoms with Gasteiger partial charge < -0.3 is 11.1 Å². The van der Waals surface area contributed by atoms with E-state index in [2.05, 4.69) is 18.3 Å². The highest BCUT2D eigenvalue weighted by molar-refractivity contribution is 7.10. The van der Waals surface area contributed by atoms with Crippen LogP contribution in [0.3, 0.4) is 0 Å². The van der Waals surface area contributed by atoms with Gasteiger partial charge in [0.15, 0.2) is 0 Å². The Morgan fingerprint density at radius 2 is 2.00 bits per heavy atom. The van der Waals surface area contributed by atoms with Crippen molar-refractivity contribution >= 4 is 17.2 Å². The zero-order valence-electron chi connectivity index (χ0n) is 10.9. The van der Waals surface area contributed by atoms with Crippen LogP contribution < -0.4 is 11.1 Å². The fraction of sp³-hybridized carbons (Fsp3) is 0.267. The number of amides is 1. The standard InChI is InChI=1S/C15H18N2OS/c1-2-11-6-3-4-7-12(11)10-17-15(18)14(16)13-8-5-9-19-13/h3-9,14H,2,10,16H2,1H3,(H,17,18). The minimum Gasteiger partial charge on any atom is -0.350 e. The van der Waals surface area contributed by atoms with E-state index >= 15 is 0 Å². The van der Waals surface area contributed by atoms with E-state index in [-0.39, 0.29) is 5.91 Å². The first-order valence-electron chi connectivity index (χ1n) is 6.36. The van der Waals surface area contributed by atoms with Crippen molar-refractivity contribution < 1.29 is 4.79 Å². The van der Waals surface area contributed by atoms with Crippen molar-refractivity contribution in [2.24, 2.45) is 5.73 Å². The first-order valence-corrected chi connectivity index (χ1v) is 7.23. The summed E-state index contributed by atoms with van der Waals surface area (Å²) in [5.74, 6) is -0.131. The summed E-state index contributed by atoms with van der Waals surface area (Å²) in [5, 5.41) is 4.83. The molecule has 19 heavy (non-hydrogen) atoms. The van der Waals surface area contributed by atoms with E-state index in [4.69, 9.17) is 5.73 Å². The van der Waals surface area contributed by atoms with Crippen LogP contribution in [0.2, 0.25) is 0 Å². The number of carbonyl (C=O) groups excluding carboxylic acids is 1. The molecule has 1 aromatic carbocycles. The Balaban J connectivity index is 1.97. The van der Waals surface area contributed by atoms with Crippen LogP contribution in [0, 0.1) is 0 Å². The molecule has 0 aliphatic heterocycles. The summed E-state index contributed by atoms with van der Waals surface area (Å²) in [6.45, 7) is 2.64. The molecule has 0 fully saturated rings. The Labute approximate surface area is 117 Å². The van der Waals surface area contributed by atoms with Gasteiger partial charge >= 0.3 is 0 Å². The highest BCUT2D eigenvalue weighted by Crippen LogP contribution is 2.17. The molecular formula is C15H18N2OS. The van der Waals surface area contributed by atoms with Gasteiger partial charge in [-0.25, -0.2) is 0 Å². The second kappa shape index (κ2) is 6.50. The van der Waals surface area contributed by atoms with E-state index in [1.54, 1.807) is 0 Å². The summed E-state index contributed by atoms with van der Waals surface area (Å²) in [6, 6.07) is 11.3. The fourth-order valence-electron chi connectivity index (χ4n) is 1.96. The third-order valence-electron chi connectivity index (χ3n) is 3.08. The number of hydrogen-bond donors (Lipinski definition) is 2. The highest BCUT2D eigenvalue weighted by Gasteiger charge is 2.16. The Morgan fingerprint density at radius 1 is 1.26 bits per heavy atom. The maximum atomic E-state index is 12.0. The van der Waals surface area contributed by atoms with Gasteiger partial charge in [-0.2, -0.15) is 0 Å². The second-order valence-electron chi connectivity index (χ2n) is 4.33. The summed E-state index contributed by atoms with van der Waals surface area (Å²) < 4.78 is 0. The molecule has 1 unspecified atom stereocenters. The third-order valence-corrected chi connectivity index (χ3v) is 4.04. The molecule has 1 aromatic heterocycles. The predicted molar refractivity (Wildman–Crippen MR) is 78.9 cm³/mol. The summed E-state index contributed by atoms with van der Waals surface area (Å²) in [7, 11) is 0. The van der Waals surface area contributed by atoms with Crippen LogP contribution in [-0.2, 0) is 17.8 Å². The van der Waals surface area contributed by atoms with E-state index in [9.17, 15) is 4.79 Å². The van der Waals surface area contributed by atoms with E-state index in [0.29, 0.717) is 6.54 Å². The van der Waals surface area contributed by atoms with Gasteiger partial charge in [0.05, 0.1) is 0 Å². The molecule has 3 nitrogen and oxygen atoms in total. The molecule has 1 amide bonds. The molecule has 0 aliphatic rings. The molecule has 3 N–H and O–H groups in total. The van der Waals surface area contributed by atoms with Gasteiger partial charge in [-0.15, -0.1) is 11.3 Å². The minimum atomic E-state index is -0.575. The molecule has 0 saturated heterocycles. The average molecular weight is 274 g/mol. The quantitative estimate of drug-likeness (QED) is 0.880. The number of nitrogens with two attached hydrogens (primary N) is 1. The van der Waals surface area contributed by atoms with Crippen LogP contribution in [0.25, 0.3) is 0 Å². The number of thiophene rings is 1. The lowest BCUT2D eigenvalue weighted by Gasteiger charge is -2.12. The zero-order chi connectivity index (χ0) is 13.7. The monoisotopic (exact) mass is 274 g/mol. The molecule has 2 aromatic rings. The van der Waals surface area contributed by atoms with E-state index in [1.165, 1.54) is 16.9 Å². The lowest BCUT2D eigenvalue weighted by Crippen LogP contribution is -2.33. The van der Waals surface area contributed by atoms with Crippen LogP contribution >= 0.6 is 11.3 Å². The lowest BCUT2D eigenvalue weighted by molar-refractivity contribution is -0.122.